The Labute approximate surface area is 128 Å². The molecule has 1 N–H and O–H groups in total. The lowest BCUT2D eigenvalue weighted by molar-refractivity contribution is 0.318. The average molecular weight is 302 g/mol. The number of aryl methyl sites for hydroxylation is 1. The largest absolute Gasteiger partial charge is 0.494 e. The van der Waals surface area contributed by atoms with Crippen LogP contribution in [0.2, 0.25) is 0 Å². The first kappa shape index (κ1) is 14.2. The number of aromatic nitrogens is 2. The number of H-pyrrole nitrogens is 1. The first-order valence-electron chi connectivity index (χ1n) is 7.25. The van der Waals surface area contributed by atoms with Gasteiger partial charge in [-0.1, -0.05) is 30.0 Å². The Bertz CT molecular complexity index is 655. The van der Waals surface area contributed by atoms with Crippen molar-refractivity contribution in [3.63, 3.8) is 0 Å². The number of rotatable bonds is 6. The van der Waals surface area contributed by atoms with Crippen LogP contribution in [0.25, 0.3) is 0 Å². The molecule has 21 heavy (non-hydrogen) atoms. The summed E-state index contributed by atoms with van der Waals surface area (Å²) < 4.78 is 5.64. The monoisotopic (exact) mass is 302 g/mol. The highest BCUT2D eigenvalue weighted by molar-refractivity contribution is 7.99. The molecule has 0 bridgehead atoms. The molecule has 4 nitrogen and oxygen atoms in total. The number of ether oxygens (including phenoxy) is 1. The Balaban J connectivity index is 1.46. The van der Waals surface area contributed by atoms with E-state index >= 15 is 0 Å². The van der Waals surface area contributed by atoms with Crippen LogP contribution >= 0.6 is 11.8 Å². The molecule has 1 aliphatic rings. The highest BCUT2D eigenvalue weighted by Gasteiger charge is 2.16. The van der Waals surface area contributed by atoms with Gasteiger partial charge in [0.25, 0.3) is 5.56 Å². The van der Waals surface area contributed by atoms with E-state index in [0.717, 1.165) is 53.6 Å². The van der Waals surface area contributed by atoms with Gasteiger partial charge in [0.1, 0.15) is 5.75 Å². The molecule has 1 aromatic heterocycles. The number of fused-ring (bicyclic) bond motifs is 1. The number of aromatic amines is 1. The molecule has 0 aliphatic heterocycles. The highest BCUT2D eigenvalue weighted by Crippen LogP contribution is 2.20. The summed E-state index contributed by atoms with van der Waals surface area (Å²) in [5.74, 6) is 1.78. The smallest absolute Gasteiger partial charge is 0.254 e. The predicted octanol–water partition coefficient (Wildman–Crippen LogP) is 2.82. The fourth-order valence-corrected chi connectivity index (χ4v) is 3.22. The lowest BCUT2D eigenvalue weighted by atomic mass is 10.3. The maximum absolute atomic E-state index is 11.9. The van der Waals surface area contributed by atoms with Crippen LogP contribution < -0.4 is 10.3 Å². The Morgan fingerprint density at radius 1 is 1.24 bits per heavy atom. The second-order valence-electron chi connectivity index (χ2n) is 5.01. The molecule has 0 fully saturated rings. The summed E-state index contributed by atoms with van der Waals surface area (Å²) in [6, 6.07) is 9.80. The first-order valence-corrected chi connectivity index (χ1v) is 8.24. The van der Waals surface area contributed by atoms with Crippen LogP contribution in [0.4, 0.5) is 0 Å². The van der Waals surface area contributed by atoms with E-state index in [2.05, 4.69) is 9.97 Å². The standard InChI is InChI=1S/C16H18N2O2S/c19-15-13-8-4-9-14(13)17-16(18-15)21-11-5-10-20-12-6-2-1-3-7-12/h1-3,6-7H,4-5,8-11H2,(H,17,18,19). The van der Waals surface area contributed by atoms with E-state index in [1.807, 2.05) is 30.3 Å². The molecular weight excluding hydrogens is 284 g/mol. The van der Waals surface area contributed by atoms with E-state index in [1.54, 1.807) is 11.8 Å². The zero-order valence-corrected chi connectivity index (χ0v) is 12.6. The number of benzene rings is 1. The minimum absolute atomic E-state index is 0.0422. The summed E-state index contributed by atoms with van der Waals surface area (Å²) in [5, 5.41) is 0.736. The maximum atomic E-state index is 11.9. The zero-order valence-electron chi connectivity index (χ0n) is 11.8. The van der Waals surface area contributed by atoms with Gasteiger partial charge in [-0.05, 0) is 37.8 Å². The van der Waals surface area contributed by atoms with Crippen molar-refractivity contribution in [2.45, 2.75) is 30.8 Å². The minimum atomic E-state index is 0.0422. The fourth-order valence-electron chi connectivity index (χ4n) is 2.42. The van der Waals surface area contributed by atoms with Gasteiger partial charge in [0.2, 0.25) is 0 Å². The van der Waals surface area contributed by atoms with E-state index < -0.39 is 0 Å². The average Bonchev–Trinajstić information content (AvgIpc) is 2.97. The first-order chi connectivity index (χ1) is 10.3. The molecule has 0 saturated carbocycles. The second-order valence-corrected chi connectivity index (χ2v) is 6.10. The molecule has 0 saturated heterocycles. The third kappa shape index (κ3) is 3.67. The van der Waals surface area contributed by atoms with E-state index in [0.29, 0.717) is 6.61 Å². The van der Waals surface area contributed by atoms with Gasteiger partial charge >= 0.3 is 0 Å². The number of hydrogen-bond donors (Lipinski definition) is 1. The topological polar surface area (TPSA) is 55.0 Å². The van der Waals surface area contributed by atoms with E-state index in [9.17, 15) is 4.79 Å². The molecule has 0 spiro atoms. The third-order valence-corrected chi connectivity index (χ3v) is 4.42. The summed E-state index contributed by atoms with van der Waals surface area (Å²) in [6.07, 6.45) is 3.77. The van der Waals surface area contributed by atoms with E-state index in [4.69, 9.17) is 4.74 Å². The molecule has 2 aromatic rings. The lowest BCUT2D eigenvalue weighted by Gasteiger charge is -2.06. The van der Waals surface area contributed by atoms with Crippen LogP contribution in [0.3, 0.4) is 0 Å². The molecule has 1 heterocycles. The molecule has 3 rings (SSSR count). The van der Waals surface area contributed by atoms with Gasteiger partial charge in [-0.15, -0.1) is 0 Å². The summed E-state index contributed by atoms with van der Waals surface area (Å²) in [5.41, 5.74) is 1.91. The number of nitrogens with one attached hydrogen (secondary N) is 1. The normalized spacial score (nSPS) is 13.1. The molecule has 0 amide bonds. The van der Waals surface area contributed by atoms with E-state index in [1.165, 1.54) is 0 Å². The maximum Gasteiger partial charge on any atom is 0.254 e. The summed E-state index contributed by atoms with van der Waals surface area (Å²) in [6.45, 7) is 0.673. The van der Waals surface area contributed by atoms with Gasteiger partial charge in [0.05, 0.1) is 12.3 Å². The van der Waals surface area contributed by atoms with Gasteiger partial charge < -0.3 is 9.72 Å². The Kier molecular flexibility index (Phi) is 4.60. The van der Waals surface area contributed by atoms with Crippen molar-refractivity contribution in [3.8, 4) is 5.75 Å². The lowest BCUT2D eigenvalue weighted by Crippen LogP contribution is -2.15. The van der Waals surface area contributed by atoms with E-state index in [-0.39, 0.29) is 5.56 Å². The number of para-hydroxylation sites is 1. The van der Waals surface area contributed by atoms with Crippen molar-refractivity contribution in [3.05, 3.63) is 51.9 Å². The van der Waals surface area contributed by atoms with Crippen LogP contribution in [-0.4, -0.2) is 22.3 Å². The van der Waals surface area contributed by atoms with Crippen LogP contribution in [0.15, 0.2) is 40.3 Å². The minimum Gasteiger partial charge on any atom is -0.494 e. The van der Waals surface area contributed by atoms with Crippen LogP contribution in [0, 0.1) is 0 Å². The number of nitrogens with zero attached hydrogens (tertiary/aromatic N) is 1. The highest BCUT2D eigenvalue weighted by atomic mass is 32.2. The van der Waals surface area contributed by atoms with Gasteiger partial charge in [0, 0.05) is 11.3 Å². The van der Waals surface area contributed by atoms with Gasteiger partial charge in [-0.25, -0.2) is 4.98 Å². The molecule has 0 radical (unpaired) electrons. The van der Waals surface area contributed by atoms with Crippen molar-refractivity contribution in [1.82, 2.24) is 9.97 Å². The Morgan fingerprint density at radius 3 is 2.95 bits per heavy atom. The molecule has 1 aliphatic carbocycles. The Morgan fingerprint density at radius 2 is 2.10 bits per heavy atom. The number of hydrogen-bond acceptors (Lipinski definition) is 4. The fraction of sp³-hybridized carbons (Fsp3) is 0.375. The second kappa shape index (κ2) is 6.80. The molecular formula is C16H18N2O2S. The quantitative estimate of drug-likeness (QED) is 0.506. The molecule has 0 unspecified atom stereocenters. The molecule has 110 valence electrons. The third-order valence-electron chi connectivity index (χ3n) is 3.46. The summed E-state index contributed by atoms with van der Waals surface area (Å²) >= 11 is 1.59. The van der Waals surface area contributed by atoms with Crippen molar-refractivity contribution in [2.75, 3.05) is 12.4 Å². The number of thioether (sulfide) groups is 1. The predicted molar refractivity (Wildman–Crippen MR) is 84.2 cm³/mol. The van der Waals surface area contributed by atoms with Crippen molar-refractivity contribution < 1.29 is 4.74 Å². The summed E-state index contributed by atoms with van der Waals surface area (Å²) in [4.78, 5) is 19.3. The SMILES string of the molecule is O=c1[nH]c(SCCCOc2ccccc2)nc2c1CCC2. The molecule has 1 aromatic carbocycles. The zero-order chi connectivity index (χ0) is 14.5. The molecule has 5 heteroatoms. The molecule has 0 atom stereocenters. The van der Waals surface area contributed by atoms with Crippen molar-refractivity contribution >= 4 is 11.8 Å². The van der Waals surface area contributed by atoms with Crippen LogP contribution in [0.5, 0.6) is 5.75 Å². The van der Waals surface area contributed by atoms with Crippen LogP contribution in [-0.2, 0) is 12.8 Å². The van der Waals surface area contributed by atoms with Crippen molar-refractivity contribution in [2.24, 2.45) is 0 Å². The summed E-state index contributed by atoms with van der Waals surface area (Å²) in [7, 11) is 0. The Hall–Kier alpha value is -1.75. The van der Waals surface area contributed by atoms with Gasteiger partial charge in [0.15, 0.2) is 5.16 Å². The van der Waals surface area contributed by atoms with Gasteiger partial charge in [-0.2, -0.15) is 0 Å². The van der Waals surface area contributed by atoms with Crippen molar-refractivity contribution in [1.29, 1.82) is 0 Å². The van der Waals surface area contributed by atoms with Gasteiger partial charge in [-0.3, -0.25) is 4.79 Å². The van der Waals surface area contributed by atoms with Crippen LogP contribution in [0.1, 0.15) is 24.1 Å².